The molecule has 2 aliphatic rings. The van der Waals surface area contributed by atoms with Crippen LogP contribution in [-0.4, -0.2) is 36.0 Å². The van der Waals surface area contributed by atoms with Gasteiger partial charge in [-0.15, -0.1) is 12.4 Å². The normalized spacial score (nSPS) is 36.2. The van der Waals surface area contributed by atoms with Gasteiger partial charge >= 0.3 is 0 Å². The predicted molar refractivity (Wildman–Crippen MR) is 58.6 cm³/mol. The van der Waals surface area contributed by atoms with Crippen LogP contribution in [0.1, 0.15) is 32.1 Å². The Kier molecular flexibility index (Phi) is 4.32. The van der Waals surface area contributed by atoms with E-state index >= 15 is 0 Å². The first-order valence-electron chi connectivity index (χ1n) is 5.44. The van der Waals surface area contributed by atoms with Gasteiger partial charge in [-0.2, -0.15) is 0 Å². The van der Waals surface area contributed by atoms with Gasteiger partial charge in [0.25, 0.3) is 5.92 Å². The van der Waals surface area contributed by atoms with Crippen LogP contribution in [0, 0.1) is 0 Å². The summed E-state index contributed by atoms with van der Waals surface area (Å²) in [7, 11) is 0. The first-order chi connectivity index (χ1) is 6.57. The number of halogens is 3. The van der Waals surface area contributed by atoms with Crippen molar-refractivity contribution >= 4 is 12.4 Å². The highest BCUT2D eigenvalue weighted by atomic mass is 35.5. The minimum Gasteiger partial charge on any atom is -0.328 e. The van der Waals surface area contributed by atoms with Crippen molar-refractivity contribution in [1.29, 1.82) is 0 Å². The molecule has 1 saturated heterocycles. The topological polar surface area (TPSA) is 29.3 Å². The van der Waals surface area contributed by atoms with E-state index < -0.39 is 5.92 Å². The highest BCUT2D eigenvalue weighted by Crippen LogP contribution is 2.32. The summed E-state index contributed by atoms with van der Waals surface area (Å²) in [6.45, 7) is 0.528. The van der Waals surface area contributed by atoms with Gasteiger partial charge in [0, 0.05) is 25.0 Å². The molecule has 2 fully saturated rings. The van der Waals surface area contributed by atoms with Crippen LogP contribution < -0.4 is 5.73 Å². The third-order valence-electron chi connectivity index (χ3n) is 3.46. The molecular formula is C10H19ClF2N2. The van der Waals surface area contributed by atoms with Crippen LogP contribution >= 0.6 is 12.4 Å². The van der Waals surface area contributed by atoms with Gasteiger partial charge in [0.1, 0.15) is 0 Å². The molecule has 0 atom stereocenters. The van der Waals surface area contributed by atoms with Crippen molar-refractivity contribution in [2.45, 2.75) is 50.1 Å². The maximum Gasteiger partial charge on any atom is 0.261 e. The van der Waals surface area contributed by atoms with E-state index in [1.54, 1.807) is 0 Å². The number of likely N-dealkylation sites (tertiary alicyclic amines) is 1. The van der Waals surface area contributed by atoms with E-state index in [-0.39, 0.29) is 25.4 Å². The second-order valence-corrected chi connectivity index (χ2v) is 4.65. The molecule has 5 heteroatoms. The van der Waals surface area contributed by atoms with Gasteiger partial charge in [-0.3, -0.25) is 4.90 Å². The maximum atomic E-state index is 13.0. The van der Waals surface area contributed by atoms with Gasteiger partial charge in [0.15, 0.2) is 0 Å². The van der Waals surface area contributed by atoms with E-state index in [0.717, 1.165) is 25.7 Å². The number of hydrogen-bond donors (Lipinski definition) is 1. The number of hydrogen-bond acceptors (Lipinski definition) is 2. The first-order valence-corrected chi connectivity index (χ1v) is 5.44. The Hall–Kier alpha value is 0.0700. The molecule has 1 aliphatic carbocycles. The SMILES string of the molecule is Cl.NC1CCC(N2CCC(F)(F)C2)CC1. The molecule has 0 aromatic rings. The van der Waals surface area contributed by atoms with E-state index in [4.69, 9.17) is 5.73 Å². The van der Waals surface area contributed by atoms with Crippen molar-refractivity contribution < 1.29 is 8.78 Å². The van der Waals surface area contributed by atoms with E-state index in [0.29, 0.717) is 18.6 Å². The lowest BCUT2D eigenvalue weighted by molar-refractivity contribution is 0.00524. The third-order valence-corrected chi connectivity index (χ3v) is 3.46. The second kappa shape index (κ2) is 4.93. The molecule has 1 saturated carbocycles. The molecule has 0 spiro atoms. The highest BCUT2D eigenvalue weighted by Gasteiger charge is 2.41. The molecule has 15 heavy (non-hydrogen) atoms. The summed E-state index contributed by atoms with van der Waals surface area (Å²) in [6.07, 6.45) is 4.02. The molecule has 0 aromatic heterocycles. The molecule has 0 bridgehead atoms. The van der Waals surface area contributed by atoms with E-state index in [1.807, 2.05) is 4.90 Å². The average Bonchev–Trinajstić information content (AvgIpc) is 2.47. The van der Waals surface area contributed by atoms with Crippen molar-refractivity contribution in [2.75, 3.05) is 13.1 Å². The van der Waals surface area contributed by atoms with Gasteiger partial charge < -0.3 is 5.73 Å². The van der Waals surface area contributed by atoms with Crippen LogP contribution in [0.2, 0.25) is 0 Å². The van der Waals surface area contributed by atoms with E-state index in [9.17, 15) is 8.78 Å². The van der Waals surface area contributed by atoms with Crippen LogP contribution in [0.15, 0.2) is 0 Å². The Morgan fingerprint density at radius 2 is 1.73 bits per heavy atom. The monoisotopic (exact) mass is 240 g/mol. The molecule has 2 rings (SSSR count). The van der Waals surface area contributed by atoms with E-state index in [1.165, 1.54) is 0 Å². The van der Waals surface area contributed by atoms with Crippen molar-refractivity contribution in [3.05, 3.63) is 0 Å². The molecule has 2 N–H and O–H groups in total. The quantitative estimate of drug-likeness (QED) is 0.760. The highest BCUT2D eigenvalue weighted by molar-refractivity contribution is 5.85. The van der Waals surface area contributed by atoms with Gasteiger partial charge in [-0.1, -0.05) is 0 Å². The standard InChI is InChI=1S/C10H18F2N2.ClH/c11-10(12)5-6-14(7-10)9-3-1-8(13)2-4-9;/h8-9H,1-7,13H2;1H. The summed E-state index contributed by atoms with van der Waals surface area (Å²) < 4.78 is 25.9. The Morgan fingerprint density at radius 1 is 1.13 bits per heavy atom. The fraction of sp³-hybridized carbons (Fsp3) is 1.00. The molecular weight excluding hydrogens is 222 g/mol. The lowest BCUT2D eigenvalue weighted by Crippen LogP contribution is -2.40. The summed E-state index contributed by atoms with van der Waals surface area (Å²) in [6, 6.07) is 0.664. The minimum absolute atomic E-state index is 0. The maximum absolute atomic E-state index is 13.0. The van der Waals surface area contributed by atoms with Crippen LogP contribution in [-0.2, 0) is 0 Å². The number of nitrogens with zero attached hydrogens (tertiary/aromatic N) is 1. The number of alkyl halides is 2. The van der Waals surface area contributed by atoms with Crippen molar-refractivity contribution in [2.24, 2.45) is 5.73 Å². The average molecular weight is 241 g/mol. The summed E-state index contributed by atoms with van der Waals surface area (Å²) in [4.78, 5) is 1.95. The summed E-state index contributed by atoms with van der Waals surface area (Å²) >= 11 is 0. The predicted octanol–water partition coefficient (Wildman–Crippen LogP) is 2.02. The van der Waals surface area contributed by atoms with Crippen molar-refractivity contribution in [3.8, 4) is 0 Å². The smallest absolute Gasteiger partial charge is 0.261 e. The lowest BCUT2D eigenvalue weighted by Gasteiger charge is -2.33. The van der Waals surface area contributed by atoms with Crippen LogP contribution in [0.5, 0.6) is 0 Å². The Morgan fingerprint density at radius 3 is 2.20 bits per heavy atom. The zero-order valence-electron chi connectivity index (χ0n) is 8.79. The molecule has 0 radical (unpaired) electrons. The fourth-order valence-corrected chi connectivity index (χ4v) is 2.54. The van der Waals surface area contributed by atoms with E-state index in [2.05, 4.69) is 0 Å². The van der Waals surface area contributed by atoms with Gasteiger partial charge in [0.2, 0.25) is 0 Å². The Bertz CT molecular complexity index is 206. The van der Waals surface area contributed by atoms with Gasteiger partial charge in [-0.25, -0.2) is 8.78 Å². The lowest BCUT2D eigenvalue weighted by atomic mass is 9.91. The molecule has 0 aromatic carbocycles. The van der Waals surface area contributed by atoms with Crippen LogP contribution in [0.4, 0.5) is 8.78 Å². The van der Waals surface area contributed by atoms with Gasteiger partial charge in [-0.05, 0) is 25.7 Å². The summed E-state index contributed by atoms with van der Waals surface area (Å²) in [5.74, 6) is -2.44. The number of nitrogens with two attached hydrogens (primary N) is 1. The third kappa shape index (κ3) is 3.26. The molecule has 90 valence electrons. The zero-order valence-corrected chi connectivity index (χ0v) is 9.61. The second-order valence-electron chi connectivity index (χ2n) is 4.65. The molecule has 1 heterocycles. The molecule has 2 nitrogen and oxygen atoms in total. The van der Waals surface area contributed by atoms with Crippen molar-refractivity contribution in [3.63, 3.8) is 0 Å². The molecule has 1 aliphatic heterocycles. The van der Waals surface area contributed by atoms with Crippen LogP contribution in [0.3, 0.4) is 0 Å². The van der Waals surface area contributed by atoms with Crippen molar-refractivity contribution in [1.82, 2.24) is 4.90 Å². The van der Waals surface area contributed by atoms with Crippen LogP contribution in [0.25, 0.3) is 0 Å². The zero-order chi connectivity index (χ0) is 10.2. The molecule has 0 amide bonds. The Labute approximate surface area is 95.6 Å². The van der Waals surface area contributed by atoms with Gasteiger partial charge in [0.05, 0.1) is 6.54 Å². The fourth-order valence-electron chi connectivity index (χ4n) is 2.54. The summed E-state index contributed by atoms with van der Waals surface area (Å²) in [5, 5.41) is 0. The minimum atomic E-state index is -2.44. The number of rotatable bonds is 1. The largest absolute Gasteiger partial charge is 0.328 e. The first kappa shape index (κ1) is 13.1. The Balaban J connectivity index is 0.00000112. The molecule has 0 unspecified atom stereocenters. The summed E-state index contributed by atoms with van der Waals surface area (Å²) in [5.41, 5.74) is 5.78.